The van der Waals surface area contributed by atoms with Crippen LogP contribution in [0.2, 0.25) is 0 Å². The normalized spacial score (nSPS) is 22.1. The van der Waals surface area contributed by atoms with Crippen molar-refractivity contribution in [2.75, 3.05) is 37.4 Å². The molecule has 0 radical (unpaired) electrons. The molecule has 0 saturated carbocycles. The van der Waals surface area contributed by atoms with Crippen molar-refractivity contribution in [3.8, 4) is 0 Å². The van der Waals surface area contributed by atoms with Gasteiger partial charge in [0.25, 0.3) is 0 Å². The molecular weight excluding hydrogens is 474 g/mol. The number of carbonyl (C=O) groups excluding carboxylic acids is 1. The summed E-state index contributed by atoms with van der Waals surface area (Å²) in [7, 11) is 4.05. The molecule has 2 N–H and O–H groups in total. The SMILES string of the molecule is C[C@@H]1CN(C(=O)[C@H]2CCc3c(sc4ncnc(Nc5cc6cn[nH]c6cc5N(C)C)c34)C2)C[C@@H](C)O1. The van der Waals surface area contributed by atoms with Crippen molar-refractivity contribution in [3.63, 3.8) is 0 Å². The quantitative estimate of drug-likeness (QED) is 0.430. The van der Waals surface area contributed by atoms with Crippen molar-refractivity contribution in [2.24, 2.45) is 5.92 Å². The fourth-order valence-corrected chi connectivity index (χ4v) is 6.88. The van der Waals surface area contributed by atoms with Gasteiger partial charge in [0.2, 0.25) is 5.91 Å². The van der Waals surface area contributed by atoms with Crippen molar-refractivity contribution in [1.82, 2.24) is 25.1 Å². The van der Waals surface area contributed by atoms with Gasteiger partial charge in [0, 0.05) is 43.4 Å². The molecule has 1 saturated heterocycles. The number of nitrogens with one attached hydrogen (secondary N) is 2. The number of hydrogen-bond donors (Lipinski definition) is 2. The zero-order valence-electron chi connectivity index (χ0n) is 21.0. The molecule has 188 valence electrons. The van der Waals surface area contributed by atoms with Crippen LogP contribution in [0.4, 0.5) is 17.2 Å². The van der Waals surface area contributed by atoms with E-state index in [1.807, 2.05) is 39.0 Å². The number of rotatable bonds is 4. The number of aryl methyl sites for hydroxylation is 1. The Morgan fingerprint density at radius 2 is 2.03 bits per heavy atom. The Balaban J connectivity index is 1.31. The summed E-state index contributed by atoms with van der Waals surface area (Å²) in [6.07, 6.45) is 6.07. The summed E-state index contributed by atoms with van der Waals surface area (Å²) in [6.45, 7) is 5.43. The second kappa shape index (κ2) is 9.01. The number of anilines is 3. The van der Waals surface area contributed by atoms with Gasteiger partial charge in [-0.2, -0.15) is 5.10 Å². The van der Waals surface area contributed by atoms with Gasteiger partial charge in [-0.05, 0) is 50.8 Å². The molecule has 3 aromatic heterocycles. The van der Waals surface area contributed by atoms with Crippen molar-refractivity contribution < 1.29 is 9.53 Å². The summed E-state index contributed by atoms with van der Waals surface area (Å²) in [5.41, 5.74) is 4.28. The molecule has 0 bridgehead atoms. The van der Waals surface area contributed by atoms with Crippen LogP contribution in [0.5, 0.6) is 0 Å². The summed E-state index contributed by atoms with van der Waals surface area (Å²) in [4.78, 5) is 28.9. The lowest BCUT2D eigenvalue weighted by molar-refractivity contribution is -0.147. The first-order chi connectivity index (χ1) is 17.4. The van der Waals surface area contributed by atoms with Crippen LogP contribution in [-0.4, -0.2) is 70.4 Å². The number of ether oxygens (including phenoxy) is 1. The predicted molar refractivity (Wildman–Crippen MR) is 143 cm³/mol. The van der Waals surface area contributed by atoms with E-state index in [-0.39, 0.29) is 24.0 Å². The molecule has 36 heavy (non-hydrogen) atoms. The van der Waals surface area contributed by atoms with Crippen LogP contribution >= 0.6 is 11.3 Å². The van der Waals surface area contributed by atoms with Crippen LogP contribution in [0.1, 0.15) is 30.7 Å². The highest BCUT2D eigenvalue weighted by atomic mass is 32.1. The topological polar surface area (TPSA) is 99.3 Å². The van der Waals surface area contributed by atoms with E-state index in [9.17, 15) is 4.79 Å². The van der Waals surface area contributed by atoms with Crippen molar-refractivity contribution in [1.29, 1.82) is 0 Å². The Bertz CT molecular complexity index is 1440. The first kappa shape index (κ1) is 23.2. The number of carbonyl (C=O) groups is 1. The van der Waals surface area contributed by atoms with E-state index >= 15 is 0 Å². The maximum atomic E-state index is 13.4. The smallest absolute Gasteiger partial charge is 0.226 e. The minimum atomic E-state index is 0.0104. The number of aromatic amines is 1. The molecule has 10 heteroatoms. The molecule has 0 unspecified atom stereocenters. The highest BCUT2D eigenvalue weighted by Gasteiger charge is 2.34. The minimum absolute atomic E-state index is 0.0104. The average molecular weight is 506 g/mol. The third-order valence-electron chi connectivity index (χ3n) is 7.22. The van der Waals surface area contributed by atoms with Crippen LogP contribution < -0.4 is 10.2 Å². The minimum Gasteiger partial charge on any atom is -0.376 e. The first-order valence-corrected chi connectivity index (χ1v) is 13.3. The number of amides is 1. The van der Waals surface area contributed by atoms with Crippen LogP contribution in [-0.2, 0) is 22.4 Å². The van der Waals surface area contributed by atoms with Gasteiger partial charge in [-0.15, -0.1) is 11.3 Å². The van der Waals surface area contributed by atoms with Gasteiger partial charge in [0.1, 0.15) is 17.0 Å². The molecule has 1 aliphatic carbocycles. The third kappa shape index (κ3) is 4.08. The summed E-state index contributed by atoms with van der Waals surface area (Å²) in [6, 6.07) is 4.19. The maximum absolute atomic E-state index is 13.4. The van der Waals surface area contributed by atoms with E-state index in [1.54, 1.807) is 17.7 Å². The lowest BCUT2D eigenvalue weighted by Crippen LogP contribution is -2.50. The summed E-state index contributed by atoms with van der Waals surface area (Å²) in [5.74, 6) is 1.08. The highest BCUT2D eigenvalue weighted by molar-refractivity contribution is 7.19. The molecule has 4 heterocycles. The highest BCUT2D eigenvalue weighted by Crippen LogP contribution is 2.42. The number of morpholine rings is 1. The molecule has 1 fully saturated rings. The Kier molecular flexibility index (Phi) is 5.80. The first-order valence-electron chi connectivity index (χ1n) is 12.5. The van der Waals surface area contributed by atoms with Crippen molar-refractivity contribution in [2.45, 2.75) is 45.3 Å². The second-order valence-electron chi connectivity index (χ2n) is 10.2. The van der Waals surface area contributed by atoms with E-state index in [0.29, 0.717) is 13.1 Å². The van der Waals surface area contributed by atoms with E-state index in [2.05, 4.69) is 42.5 Å². The number of benzene rings is 1. The van der Waals surface area contributed by atoms with Crippen LogP contribution in [0.25, 0.3) is 21.1 Å². The van der Waals surface area contributed by atoms with Gasteiger partial charge >= 0.3 is 0 Å². The van der Waals surface area contributed by atoms with E-state index < -0.39 is 0 Å². The average Bonchev–Trinajstić information content (AvgIpc) is 3.46. The molecule has 6 rings (SSSR count). The van der Waals surface area contributed by atoms with Crippen LogP contribution in [0.3, 0.4) is 0 Å². The number of thiophene rings is 1. The fraction of sp³-hybridized carbons (Fsp3) is 0.462. The Morgan fingerprint density at radius 3 is 2.81 bits per heavy atom. The van der Waals surface area contributed by atoms with Gasteiger partial charge in [-0.25, -0.2) is 9.97 Å². The molecule has 4 aromatic rings. The number of hydrogen-bond acceptors (Lipinski definition) is 8. The molecule has 0 spiro atoms. The molecule has 9 nitrogen and oxygen atoms in total. The van der Waals surface area contributed by atoms with Gasteiger partial charge < -0.3 is 19.9 Å². The Morgan fingerprint density at radius 1 is 1.22 bits per heavy atom. The number of nitrogens with zero attached hydrogens (tertiary/aromatic N) is 5. The number of aromatic nitrogens is 4. The summed E-state index contributed by atoms with van der Waals surface area (Å²) in [5, 5.41) is 12.9. The van der Waals surface area contributed by atoms with E-state index in [1.165, 1.54) is 10.4 Å². The molecular formula is C26H31N7O2S. The summed E-state index contributed by atoms with van der Waals surface area (Å²) < 4.78 is 5.83. The maximum Gasteiger partial charge on any atom is 0.226 e. The van der Waals surface area contributed by atoms with Crippen molar-refractivity contribution in [3.05, 3.63) is 35.1 Å². The predicted octanol–water partition coefficient (Wildman–Crippen LogP) is 4.12. The Hall–Kier alpha value is -3.24. The molecule has 2 aliphatic rings. The van der Waals surface area contributed by atoms with E-state index in [0.717, 1.165) is 57.6 Å². The van der Waals surface area contributed by atoms with Gasteiger partial charge in [0.15, 0.2) is 0 Å². The lowest BCUT2D eigenvalue weighted by atomic mass is 9.86. The number of fused-ring (bicyclic) bond motifs is 4. The lowest BCUT2D eigenvalue weighted by Gasteiger charge is -2.37. The standard InChI is InChI=1S/C26H31N7O2S/c1-14-11-33(12-15(2)35-14)26(34)16-5-6-18-22(8-16)36-25-23(18)24(27-13-28-25)30-20-7-17-10-29-31-19(17)9-21(20)32(3)4/h7,9-10,13-16H,5-6,8,11-12H2,1-4H3,(H,29,31)(H,27,28,30)/t14-,15-,16+/m1/s1. The van der Waals surface area contributed by atoms with Gasteiger partial charge in [-0.3, -0.25) is 9.89 Å². The fourth-order valence-electron chi connectivity index (χ4n) is 5.61. The third-order valence-corrected chi connectivity index (χ3v) is 8.38. The van der Waals surface area contributed by atoms with E-state index in [4.69, 9.17) is 4.74 Å². The molecule has 3 atom stereocenters. The number of H-pyrrole nitrogens is 1. The zero-order chi connectivity index (χ0) is 25.0. The second-order valence-corrected chi connectivity index (χ2v) is 11.3. The van der Waals surface area contributed by atoms with Crippen molar-refractivity contribution >= 4 is 55.6 Å². The monoisotopic (exact) mass is 505 g/mol. The van der Waals surface area contributed by atoms with Gasteiger partial charge in [0.05, 0.1) is 40.7 Å². The zero-order valence-corrected chi connectivity index (χ0v) is 21.9. The Labute approximate surface area is 213 Å². The van der Waals surface area contributed by atoms with Crippen LogP contribution in [0, 0.1) is 5.92 Å². The van der Waals surface area contributed by atoms with Crippen LogP contribution in [0.15, 0.2) is 24.7 Å². The van der Waals surface area contributed by atoms with Gasteiger partial charge in [-0.1, -0.05) is 0 Å². The molecule has 1 aliphatic heterocycles. The molecule has 1 aromatic carbocycles. The summed E-state index contributed by atoms with van der Waals surface area (Å²) >= 11 is 1.70. The molecule has 1 amide bonds. The largest absolute Gasteiger partial charge is 0.376 e.